The lowest BCUT2D eigenvalue weighted by atomic mass is 9.88. The third kappa shape index (κ3) is 4.06. The molecule has 0 aromatic heterocycles. The van der Waals surface area contributed by atoms with Gasteiger partial charge in [-0.15, -0.1) is 0 Å². The second-order valence-corrected chi connectivity index (χ2v) is 6.40. The molecule has 24 heavy (non-hydrogen) atoms. The average molecular weight is 335 g/mol. The quantitative estimate of drug-likeness (QED) is 0.838. The minimum Gasteiger partial charge on any atom is -0.459 e. The van der Waals surface area contributed by atoms with Gasteiger partial charge in [-0.1, -0.05) is 30.3 Å². The molecule has 0 aliphatic carbocycles. The zero-order valence-electron chi connectivity index (χ0n) is 13.8. The third-order valence-electron chi connectivity index (χ3n) is 4.73. The molecule has 1 amide bonds. The van der Waals surface area contributed by atoms with Crippen LogP contribution in [0.4, 0.5) is 4.79 Å². The van der Waals surface area contributed by atoms with Gasteiger partial charge in [-0.3, -0.25) is 0 Å². The Kier molecular flexibility index (Phi) is 5.35. The van der Waals surface area contributed by atoms with E-state index in [0.717, 1.165) is 31.2 Å². The van der Waals surface area contributed by atoms with Crippen LogP contribution in [0.1, 0.15) is 32.7 Å². The Morgan fingerprint density at radius 3 is 2.54 bits per heavy atom. The molecule has 2 bridgehead atoms. The Bertz CT molecular complexity index is 570. The Labute approximate surface area is 142 Å². The van der Waals surface area contributed by atoms with Gasteiger partial charge in [0.15, 0.2) is 0 Å². The summed E-state index contributed by atoms with van der Waals surface area (Å²) in [7, 11) is 1.29. The molecule has 3 atom stereocenters. The van der Waals surface area contributed by atoms with Crippen molar-refractivity contribution < 1.29 is 25.2 Å². The second kappa shape index (κ2) is 7.66. The molecule has 1 N–H and O–H groups in total. The van der Waals surface area contributed by atoms with Gasteiger partial charge in [0, 0.05) is 1.43 Å². The van der Waals surface area contributed by atoms with Crippen LogP contribution in [0.5, 0.6) is 0 Å². The van der Waals surface area contributed by atoms with Crippen molar-refractivity contribution in [1.29, 1.82) is 0 Å². The van der Waals surface area contributed by atoms with Crippen LogP contribution < -0.4 is 5.32 Å². The molecule has 2 fully saturated rings. The summed E-state index contributed by atoms with van der Waals surface area (Å²) in [5, 5.41) is 2.65. The van der Waals surface area contributed by atoms with Crippen LogP contribution in [0.2, 0.25) is 0 Å². The van der Waals surface area contributed by atoms with Gasteiger partial charge in [0.2, 0.25) is 0 Å². The predicted molar refractivity (Wildman–Crippen MR) is 88.3 cm³/mol. The highest BCUT2D eigenvalue weighted by Gasteiger charge is 2.42. The van der Waals surface area contributed by atoms with Crippen LogP contribution >= 0.6 is 0 Å². The smallest absolute Gasteiger partial charge is 0.407 e. The normalized spacial score (nSPS) is 26.5. The highest BCUT2D eigenvalue weighted by atomic mass is 16.5. The lowest BCUT2D eigenvalue weighted by Crippen LogP contribution is -2.49. The summed E-state index contributed by atoms with van der Waals surface area (Å²) < 4.78 is 15.9. The maximum absolute atomic E-state index is 12.6. The number of benzene rings is 1. The summed E-state index contributed by atoms with van der Waals surface area (Å²) in [6.45, 7) is 0.190. The zero-order chi connectivity index (χ0) is 16.9. The van der Waals surface area contributed by atoms with Gasteiger partial charge in [0.1, 0.15) is 12.6 Å². The second-order valence-electron chi connectivity index (χ2n) is 6.40. The molecule has 2 aliphatic rings. The fourth-order valence-corrected chi connectivity index (χ4v) is 3.54. The van der Waals surface area contributed by atoms with E-state index in [0.29, 0.717) is 0 Å². The number of alkyl carbamates (subject to hydrolysis) is 1. The van der Waals surface area contributed by atoms with Crippen molar-refractivity contribution in [3.05, 3.63) is 35.9 Å². The van der Waals surface area contributed by atoms with Gasteiger partial charge < -0.3 is 19.5 Å². The molecule has 6 heteroatoms. The first-order valence-electron chi connectivity index (χ1n) is 8.36. The molecule has 2 aliphatic heterocycles. The van der Waals surface area contributed by atoms with Gasteiger partial charge in [-0.25, -0.2) is 9.59 Å². The number of hydrogen-bond acceptors (Lipinski definition) is 5. The van der Waals surface area contributed by atoms with Crippen molar-refractivity contribution in [3.63, 3.8) is 0 Å². The van der Waals surface area contributed by atoms with Gasteiger partial charge >= 0.3 is 12.1 Å². The van der Waals surface area contributed by atoms with Crippen LogP contribution in [-0.4, -0.2) is 37.4 Å². The van der Waals surface area contributed by atoms with Crippen molar-refractivity contribution in [1.82, 2.24) is 5.32 Å². The van der Waals surface area contributed by atoms with Gasteiger partial charge in [0.25, 0.3) is 0 Å². The predicted octanol–water partition coefficient (Wildman–Crippen LogP) is 2.66. The van der Waals surface area contributed by atoms with Gasteiger partial charge in [-0.05, 0) is 37.2 Å². The molecule has 1 aromatic carbocycles. The van der Waals surface area contributed by atoms with E-state index in [2.05, 4.69) is 10.1 Å². The summed E-state index contributed by atoms with van der Waals surface area (Å²) in [6.07, 6.45) is 3.29. The Morgan fingerprint density at radius 1 is 1.25 bits per heavy atom. The minimum atomic E-state index is -0.701. The number of rotatable bonds is 5. The fraction of sp³-hybridized carbons (Fsp3) is 0.556. The Morgan fingerprint density at radius 2 is 1.92 bits per heavy atom. The summed E-state index contributed by atoms with van der Waals surface area (Å²) >= 11 is 0. The number of nitrogens with one attached hydrogen (secondary N) is 1. The number of hydrogen-bond donors (Lipinski definition) is 1. The first kappa shape index (κ1) is 16.8. The van der Waals surface area contributed by atoms with E-state index in [4.69, 9.17) is 9.47 Å². The van der Waals surface area contributed by atoms with Crippen molar-refractivity contribution in [2.45, 2.75) is 50.5 Å². The maximum Gasteiger partial charge on any atom is 0.407 e. The van der Waals surface area contributed by atoms with Crippen molar-refractivity contribution in [2.75, 3.05) is 7.11 Å². The van der Waals surface area contributed by atoms with Crippen LogP contribution in [0.3, 0.4) is 0 Å². The molecule has 0 radical (unpaired) electrons. The molecule has 2 saturated heterocycles. The first-order chi connectivity index (χ1) is 11.7. The van der Waals surface area contributed by atoms with Crippen molar-refractivity contribution >= 4 is 12.1 Å². The molecule has 3 rings (SSSR count). The largest absolute Gasteiger partial charge is 0.459 e. The molecule has 0 spiro atoms. The van der Waals surface area contributed by atoms with Gasteiger partial charge in [0.05, 0.1) is 19.3 Å². The fourth-order valence-electron chi connectivity index (χ4n) is 3.54. The molecule has 132 valence electrons. The zero-order valence-corrected chi connectivity index (χ0v) is 13.8. The molecule has 6 nitrogen and oxygen atoms in total. The average Bonchev–Trinajstić information content (AvgIpc) is 2.96. The standard InChI is InChI=1S/C18H23NO5.H2/c1-22-18(21)19-16(13-9-14-7-8-15(10-13)24-14)17(20)23-11-12-5-3-2-4-6-12;/h2-6,13-16H,7-11H2,1H3,(H,19,21);1H. The van der Waals surface area contributed by atoms with Crippen LogP contribution in [0, 0.1) is 5.92 Å². The van der Waals surface area contributed by atoms with E-state index in [1.54, 1.807) is 0 Å². The monoisotopic (exact) mass is 335 g/mol. The van der Waals surface area contributed by atoms with Gasteiger partial charge in [-0.2, -0.15) is 0 Å². The molecular formula is C18H25NO5. The molecule has 3 unspecified atom stereocenters. The molecule has 2 heterocycles. The van der Waals surface area contributed by atoms with Crippen LogP contribution in [-0.2, 0) is 25.6 Å². The summed E-state index contributed by atoms with van der Waals surface area (Å²) in [5.41, 5.74) is 0.912. The van der Waals surface area contributed by atoms with Crippen molar-refractivity contribution in [3.8, 4) is 0 Å². The minimum absolute atomic E-state index is 0. The number of amides is 1. The highest BCUT2D eigenvalue weighted by Crippen LogP contribution is 2.37. The van der Waals surface area contributed by atoms with E-state index in [1.165, 1.54) is 7.11 Å². The lowest BCUT2D eigenvalue weighted by molar-refractivity contribution is -0.150. The van der Waals surface area contributed by atoms with E-state index in [1.807, 2.05) is 30.3 Å². The summed E-state index contributed by atoms with van der Waals surface area (Å²) in [6, 6.07) is 8.78. The molecule has 0 saturated carbocycles. The molecule has 1 aromatic rings. The Balaban J connectivity index is 0.00000225. The maximum atomic E-state index is 12.6. The number of fused-ring (bicyclic) bond motifs is 2. The highest BCUT2D eigenvalue weighted by molar-refractivity contribution is 5.81. The third-order valence-corrected chi connectivity index (χ3v) is 4.73. The molecular weight excluding hydrogens is 310 g/mol. The number of ether oxygens (including phenoxy) is 3. The summed E-state index contributed by atoms with van der Waals surface area (Å²) in [4.78, 5) is 24.2. The lowest BCUT2D eigenvalue weighted by Gasteiger charge is -2.33. The number of esters is 1. The number of carbonyl (C=O) groups is 2. The number of carbonyl (C=O) groups excluding carboxylic acids is 2. The Hall–Kier alpha value is -2.08. The van der Waals surface area contributed by atoms with Crippen LogP contribution in [0.15, 0.2) is 30.3 Å². The summed E-state index contributed by atoms with van der Waals surface area (Å²) in [5.74, 6) is -0.408. The number of methoxy groups -OCH3 is 1. The van der Waals surface area contributed by atoms with E-state index >= 15 is 0 Å². The van der Waals surface area contributed by atoms with E-state index in [-0.39, 0.29) is 26.2 Å². The first-order valence-corrected chi connectivity index (χ1v) is 8.36. The van der Waals surface area contributed by atoms with Crippen LogP contribution in [0.25, 0.3) is 0 Å². The van der Waals surface area contributed by atoms with Crippen molar-refractivity contribution in [2.24, 2.45) is 5.92 Å². The van der Waals surface area contributed by atoms with E-state index < -0.39 is 18.1 Å². The topological polar surface area (TPSA) is 73.9 Å². The SMILES string of the molecule is COC(=O)NC(C(=O)OCc1ccccc1)C1CC2CCC(C1)O2.[HH]. The van der Waals surface area contributed by atoms with E-state index in [9.17, 15) is 9.59 Å².